The third-order valence-electron chi connectivity index (χ3n) is 4.33. The summed E-state index contributed by atoms with van der Waals surface area (Å²) < 4.78 is 0. The van der Waals surface area contributed by atoms with Crippen LogP contribution in [0, 0.1) is 34.3 Å². The molecule has 4 aliphatic carbocycles. The lowest BCUT2D eigenvalue weighted by Gasteiger charge is -2.53. The minimum atomic E-state index is 0.706. The smallest absolute Gasteiger partial charge is 0.133 e. The van der Waals surface area contributed by atoms with Crippen LogP contribution in [0.5, 0.6) is 0 Å². The van der Waals surface area contributed by atoms with E-state index in [2.05, 4.69) is 5.40 Å². The fourth-order valence-electron chi connectivity index (χ4n) is 4.13. The van der Waals surface area contributed by atoms with Crippen molar-refractivity contribution in [3.63, 3.8) is 0 Å². The molecule has 0 aliphatic heterocycles. The van der Waals surface area contributed by atoms with Gasteiger partial charge in [0.25, 0.3) is 0 Å². The predicted molar refractivity (Wildman–Crippen MR) is 54.0 cm³/mol. The summed E-state index contributed by atoms with van der Waals surface area (Å²) in [6, 6.07) is 0. The maximum Gasteiger partial charge on any atom is 0.133 e. The lowest BCUT2D eigenvalue weighted by molar-refractivity contribution is 0.0270. The van der Waals surface area contributed by atoms with Crippen molar-refractivity contribution in [1.82, 2.24) is 0 Å². The van der Waals surface area contributed by atoms with E-state index in [0.29, 0.717) is 5.25 Å². The molecule has 70 valence electrons. The first kappa shape index (κ1) is 8.17. The highest BCUT2D eigenvalue weighted by atomic mass is 32.2. The Balaban J connectivity index is 1.82. The molecular formula is C11H15NS. The van der Waals surface area contributed by atoms with E-state index < -0.39 is 0 Å². The number of thiocyanates is 1. The van der Waals surface area contributed by atoms with Crippen molar-refractivity contribution >= 4 is 11.8 Å². The Morgan fingerprint density at radius 3 is 1.92 bits per heavy atom. The van der Waals surface area contributed by atoms with Crippen molar-refractivity contribution in [1.29, 1.82) is 5.26 Å². The van der Waals surface area contributed by atoms with Crippen LogP contribution in [0.1, 0.15) is 32.1 Å². The summed E-state index contributed by atoms with van der Waals surface area (Å²) in [5, 5.41) is 11.8. The van der Waals surface area contributed by atoms with Gasteiger partial charge in [-0.25, -0.2) is 0 Å². The zero-order valence-corrected chi connectivity index (χ0v) is 8.59. The molecule has 4 fully saturated rings. The molecule has 0 aromatic heterocycles. The van der Waals surface area contributed by atoms with Gasteiger partial charge in [-0.05, 0) is 67.5 Å². The van der Waals surface area contributed by atoms with Gasteiger partial charge in [0.2, 0.25) is 0 Å². The molecule has 13 heavy (non-hydrogen) atoms. The summed E-state index contributed by atoms with van der Waals surface area (Å²) in [6.45, 7) is 0. The van der Waals surface area contributed by atoms with Gasteiger partial charge >= 0.3 is 0 Å². The van der Waals surface area contributed by atoms with Crippen LogP contribution in [0.25, 0.3) is 0 Å². The van der Waals surface area contributed by atoms with Gasteiger partial charge in [0.15, 0.2) is 0 Å². The molecule has 0 atom stereocenters. The van der Waals surface area contributed by atoms with Crippen LogP contribution in [0.3, 0.4) is 0 Å². The van der Waals surface area contributed by atoms with Gasteiger partial charge in [0.1, 0.15) is 5.40 Å². The second kappa shape index (κ2) is 2.92. The maximum absolute atomic E-state index is 8.76. The monoisotopic (exact) mass is 193 g/mol. The first-order chi connectivity index (χ1) is 6.36. The largest absolute Gasteiger partial charge is 0.185 e. The second-order valence-corrected chi connectivity index (χ2v) is 6.07. The quantitative estimate of drug-likeness (QED) is 0.598. The molecule has 0 aromatic carbocycles. The third kappa shape index (κ3) is 1.21. The van der Waals surface area contributed by atoms with Crippen molar-refractivity contribution in [2.75, 3.05) is 0 Å². The normalized spacial score (nSPS) is 52.1. The van der Waals surface area contributed by atoms with E-state index in [1.54, 1.807) is 11.8 Å². The van der Waals surface area contributed by atoms with Gasteiger partial charge in [-0.15, -0.1) is 0 Å². The highest BCUT2D eigenvalue weighted by molar-refractivity contribution is 8.04. The predicted octanol–water partition coefficient (Wildman–Crippen LogP) is 3.03. The fourth-order valence-corrected chi connectivity index (χ4v) is 5.08. The summed E-state index contributed by atoms with van der Waals surface area (Å²) in [5.74, 6) is 3.89. The zero-order chi connectivity index (χ0) is 8.84. The molecule has 4 aliphatic rings. The molecule has 0 spiro atoms. The number of nitriles is 1. The van der Waals surface area contributed by atoms with Crippen LogP contribution >= 0.6 is 11.8 Å². The average molecular weight is 193 g/mol. The van der Waals surface area contributed by atoms with Crippen LogP contribution in [0.2, 0.25) is 0 Å². The van der Waals surface area contributed by atoms with Gasteiger partial charge in [-0.3, -0.25) is 0 Å². The van der Waals surface area contributed by atoms with Crippen molar-refractivity contribution < 1.29 is 0 Å². The third-order valence-corrected chi connectivity index (χ3v) is 5.48. The molecule has 0 radical (unpaired) electrons. The minimum absolute atomic E-state index is 0.706. The van der Waals surface area contributed by atoms with Crippen molar-refractivity contribution in [2.24, 2.45) is 23.7 Å². The van der Waals surface area contributed by atoms with E-state index in [9.17, 15) is 0 Å². The van der Waals surface area contributed by atoms with E-state index in [1.165, 1.54) is 32.1 Å². The van der Waals surface area contributed by atoms with E-state index in [4.69, 9.17) is 5.26 Å². The van der Waals surface area contributed by atoms with E-state index in [0.717, 1.165) is 23.7 Å². The van der Waals surface area contributed by atoms with Crippen molar-refractivity contribution in [3.05, 3.63) is 0 Å². The Morgan fingerprint density at radius 2 is 1.46 bits per heavy atom. The molecule has 0 N–H and O–H groups in total. The Labute approximate surface area is 83.9 Å². The van der Waals surface area contributed by atoms with Crippen molar-refractivity contribution in [2.45, 2.75) is 37.4 Å². The summed E-state index contributed by atoms with van der Waals surface area (Å²) in [5.41, 5.74) is 0. The van der Waals surface area contributed by atoms with Crippen LogP contribution < -0.4 is 0 Å². The lowest BCUT2D eigenvalue weighted by Crippen LogP contribution is -2.46. The van der Waals surface area contributed by atoms with Crippen LogP contribution in [0.4, 0.5) is 0 Å². The number of rotatable bonds is 1. The second-order valence-electron chi connectivity index (χ2n) is 5.10. The SMILES string of the molecule is N#CSC1C2CC3CC(C2)CC1C3. The molecule has 0 heterocycles. The molecule has 0 aromatic rings. The van der Waals surface area contributed by atoms with E-state index in [1.807, 2.05) is 0 Å². The summed E-state index contributed by atoms with van der Waals surface area (Å²) in [7, 11) is 0. The molecular weight excluding hydrogens is 178 g/mol. The fraction of sp³-hybridized carbons (Fsp3) is 0.909. The summed E-state index contributed by atoms with van der Waals surface area (Å²) in [4.78, 5) is 0. The number of hydrogen-bond acceptors (Lipinski definition) is 2. The first-order valence-corrected chi connectivity index (χ1v) is 6.29. The molecule has 4 rings (SSSR count). The molecule has 0 saturated heterocycles. The van der Waals surface area contributed by atoms with Crippen LogP contribution in [-0.2, 0) is 0 Å². The number of nitrogens with zero attached hydrogens (tertiary/aromatic N) is 1. The topological polar surface area (TPSA) is 23.8 Å². The van der Waals surface area contributed by atoms with E-state index in [-0.39, 0.29) is 0 Å². The standard InChI is InChI=1S/C11H15NS/c12-6-13-11-9-2-7-1-8(4-9)5-10(11)3-7/h7-11H,1-5H2. The van der Waals surface area contributed by atoms with Gasteiger partial charge in [-0.2, -0.15) is 5.26 Å². The lowest BCUT2D eigenvalue weighted by atomic mass is 9.56. The number of thioether (sulfide) groups is 1. The molecule has 0 amide bonds. The van der Waals surface area contributed by atoms with Crippen LogP contribution in [0.15, 0.2) is 0 Å². The van der Waals surface area contributed by atoms with E-state index >= 15 is 0 Å². The molecule has 4 saturated carbocycles. The first-order valence-electron chi connectivity index (χ1n) is 5.41. The van der Waals surface area contributed by atoms with Gasteiger partial charge in [0.05, 0.1) is 0 Å². The zero-order valence-electron chi connectivity index (χ0n) is 7.78. The van der Waals surface area contributed by atoms with Crippen molar-refractivity contribution in [3.8, 4) is 5.40 Å². The minimum Gasteiger partial charge on any atom is -0.185 e. The molecule has 4 bridgehead atoms. The highest BCUT2D eigenvalue weighted by Gasteiger charge is 2.48. The Morgan fingerprint density at radius 1 is 0.923 bits per heavy atom. The van der Waals surface area contributed by atoms with Gasteiger partial charge < -0.3 is 0 Å². The average Bonchev–Trinajstić information content (AvgIpc) is 2.10. The van der Waals surface area contributed by atoms with Gasteiger partial charge in [0, 0.05) is 5.25 Å². The number of hydrogen-bond donors (Lipinski definition) is 0. The Hall–Kier alpha value is -0.160. The van der Waals surface area contributed by atoms with Crippen LogP contribution in [-0.4, -0.2) is 5.25 Å². The molecule has 1 nitrogen and oxygen atoms in total. The van der Waals surface area contributed by atoms with Gasteiger partial charge in [-0.1, -0.05) is 0 Å². The highest BCUT2D eigenvalue weighted by Crippen LogP contribution is 2.56. The maximum atomic E-state index is 8.76. The summed E-state index contributed by atoms with van der Waals surface area (Å²) >= 11 is 1.57. The molecule has 2 heteroatoms. The molecule has 0 unspecified atom stereocenters. The Bertz CT molecular complexity index is 227. The Kier molecular flexibility index (Phi) is 1.83. The summed E-state index contributed by atoms with van der Waals surface area (Å²) in [6.07, 6.45) is 7.26.